The van der Waals surface area contributed by atoms with Gasteiger partial charge in [0, 0.05) is 0 Å². The number of allylic oxidation sites excluding steroid dienone is 2. The van der Waals surface area contributed by atoms with Crippen LogP contribution in [0.5, 0.6) is 11.5 Å². The maximum atomic E-state index is 12.9. The topological polar surface area (TPSA) is 68.2 Å². The molecule has 1 aliphatic heterocycles. The lowest BCUT2D eigenvalue weighted by Gasteiger charge is -2.37. The zero-order chi connectivity index (χ0) is 18.9. The Morgan fingerprint density at radius 1 is 1.07 bits per heavy atom. The number of benzene rings is 1. The molecule has 2 saturated carbocycles. The lowest BCUT2D eigenvalue weighted by molar-refractivity contribution is -0.140. The Labute approximate surface area is 170 Å². The maximum absolute atomic E-state index is 12.9. The minimum atomic E-state index is -0.223. The highest BCUT2D eigenvalue weighted by atomic mass is 127. The van der Waals surface area contributed by atoms with Crippen LogP contribution in [0, 0.1) is 39.1 Å². The summed E-state index contributed by atoms with van der Waals surface area (Å²) in [7, 11) is 3.16. The molecule has 1 heterocycles. The van der Waals surface area contributed by atoms with Gasteiger partial charge in [0.1, 0.15) is 0 Å². The number of nitrogens with zero attached hydrogens (tertiary/aromatic N) is 2. The maximum Gasteiger partial charge on any atom is 0.254 e. The highest BCUT2D eigenvalue weighted by Crippen LogP contribution is 2.65. The molecule has 6 rings (SSSR count). The molecule has 3 fully saturated rings. The van der Waals surface area contributed by atoms with Crippen LogP contribution in [0.2, 0.25) is 0 Å². The summed E-state index contributed by atoms with van der Waals surface area (Å²) >= 11 is 2.16. The van der Waals surface area contributed by atoms with E-state index in [0.717, 1.165) is 20.6 Å². The molecule has 0 aromatic heterocycles. The third-order valence-electron chi connectivity index (χ3n) is 6.42. The molecule has 6 nitrogen and oxygen atoms in total. The van der Waals surface area contributed by atoms with Gasteiger partial charge >= 0.3 is 0 Å². The molecule has 5 aliphatic rings. The van der Waals surface area contributed by atoms with Crippen molar-refractivity contribution >= 4 is 40.6 Å². The van der Waals surface area contributed by atoms with Gasteiger partial charge in [-0.25, -0.2) is 0 Å². The van der Waals surface area contributed by atoms with Crippen LogP contribution >= 0.6 is 22.6 Å². The molecule has 1 aromatic rings. The fourth-order valence-corrected chi connectivity index (χ4v) is 6.04. The number of imide groups is 1. The van der Waals surface area contributed by atoms with E-state index < -0.39 is 0 Å². The minimum Gasteiger partial charge on any atom is -0.493 e. The number of rotatable bonds is 4. The van der Waals surface area contributed by atoms with E-state index in [2.05, 4.69) is 39.8 Å². The van der Waals surface area contributed by atoms with Gasteiger partial charge < -0.3 is 9.47 Å². The van der Waals surface area contributed by atoms with E-state index in [9.17, 15) is 9.59 Å². The average Bonchev–Trinajstić information content (AvgIpc) is 3.45. The number of carbonyl (C=O) groups is 2. The third kappa shape index (κ3) is 2.40. The number of hydrazone groups is 1. The summed E-state index contributed by atoms with van der Waals surface area (Å²) in [6.45, 7) is 0. The van der Waals surface area contributed by atoms with Gasteiger partial charge in [-0.3, -0.25) is 9.59 Å². The molecule has 0 radical (unpaired) electrons. The lowest BCUT2D eigenvalue weighted by Crippen LogP contribution is -2.40. The van der Waals surface area contributed by atoms with Crippen molar-refractivity contribution in [1.29, 1.82) is 0 Å². The second-order valence-corrected chi connectivity index (χ2v) is 8.79. The van der Waals surface area contributed by atoms with Crippen LogP contribution < -0.4 is 9.47 Å². The summed E-state index contributed by atoms with van der Waals surface area (Å²) < 4.78 is 11.6. The zero-order valence-electron chi connectivity index (χ0n) is 15.0. The fraction of sp³-hybridized carbons (Fsp3) is 0.450. The first-order valence-electron chi connectivity index (χ1n) is 9.06. The molecule has 140 valence electrons. The number of hydrogen-bond acceptors (Lipinski definition) is 5. The van der Waals surface area contributed by atoms with E-state index in [1.807, 2.05) is 6.07 Å². The highest BCUT2D eigenvalue weighted by molar-refractivity contribution is 14.1. The summed E-state index contributed by atoms with van der Waals surface area (Å²) in [5, 5.41) is 5.36. The Balaban J connectivity index is 1.43. The number of methoxy groups -OCH3 is 2. The summed E-state index contributed by atoms with van der Waals surface area (Å²) in [4.78, 5) is 25.9. The molecule has 2 amide bonds. The summed E-state index contributed by atoms with van der Waals surface area (Å²) in [5.41, 5.74) is 0.747. The summed E-state index contributed by atoms with van der Waals surface area (Å²) in [6, 6.07) is 3.66. The Bertz CT molecular complexity index is 875. The van der Waals surface area contributed by atoms with Gasteiger partial charge in [-0.2, -0.15) is 10.1 Å². The molecule has 6 atom stereocenters. The van der Waals surface area contributed by atoms with Gasteiger partial charge in [0.05, 0.1) is 35.8 Å². The highest BCUT2D eigenvalue weighted by Gasteiger charge is 2.67. The van der Waals surface area contributed by atoms with E-state index in [4.69, 9.17) is 9.47 Å². The van der Waals surface area contributed by atoms with Crippen LogP contribution in [0.3, 0.4) is 0 Å². The second-order valence-electron chi connectivity index (χ2n) is 7.63. The largest absolute Gasteiger partial charge is 0.493 e. The number of hydrogen-bond donors (Lipinski definition) is 0. The minimum absolute atomic E-state index is 0.152. The SMILES string of the molecule is COc1cc(/C=N\N2C(=O)[C@H]3[C@@H]4C=C[C@@H]([C@H]5C[C@H]45)[C@@H]3C2=O)cc(I)c1OC. The molecule has 1 aromatic carbocycles. The molecule has 1 saturated heterocycles. The van der Waals surface area contributed by atoms with Crippen LogP contribution in [0.15, 0.2) is 29.4 Å². The van der Waals surface area contributed by atoms with Crippen LogP contribution in [-0.2, 0) is 9.59 Å². The Hall–Kier alpha value is -1.90. The zero-order valence-corrected chi connectivity index (χ0v) is 17.1. The smallest absolute Gasteiger partial charge is 0.254 e. The Kier molecular flexibility index (Phi) is 3.86. The van der Waals surface area contributed by atoms with Crippen LogP contribution in [0.25, 0.3) is 0 Å². The Morgan fingerprint density at radius 3 is 2.26 bits per heavy atom. The van der Waals surface area contributed by atoms with Crippen LogP contribution in [-0.4, -0.2) is 37.3 Å². The van der Waals surface area contributed by atoms with E-state index in [-0.39, 0.29) is 35.5 Å². The number of carbonyl (C=O) groups excluding carboxylic acids is 2. The van der Waals surface area contributed by atoms with Crippen LogP contribution in [0.4, 0.5) is 0 Å². The predicted molar refractivity (Wildman–Crippen MR) is 106 cm³/mol. The Morgan fingerprint density at radius 2 is 1.70 bits per heavy atom. The number of ether oxygens (including phenoxy) is 2. The van der Waals surface area contributed by atoms with Crippen LogP contribution in [0.1, 0.15) is 12.0 Å². The van der Waals surface area contributed by atoms with E-state index in [0.29, 0.717) is 23.3 Å². The third-order valence-corrected chi connectivity index (χ3v) is 7.22. The number of halogens is 1. The molecule has 2 bridgehead atoms. The average molecular weight is 478 g/mol. The first-order valence-corrected chi connectivity index (χ1v) is 10.1. The van der Waals surface area contributed by atoms with Gasteiger partial charge in [0.2, 0.25) is 0 Å². The van der Waals surface area contributed by atoms with E-state index >= 15 is 0 Å². The van der Waals surface area contributed by atoms with Gasteiger partial charge in [0.15, 0.2) is 11.5 Å². The van der Waals surface area contributed by atoms with Crippen molar-refractivity contribution in [3.05, 3.63) is 33.4 Å². The molecular weight excluding hydrogens is 459 g/mol. The van der Waals surface area contributed by atoms with Crippen molar-refractivity contribution < 1.29 is 19.1 Å². The van der Waals surface area contributed by atoms with Crippen molar-refractivity contribution in [1.82, 2.24) is 5.01 Å². The quantitative estimate of drug-likeness (QED) is 0.289. The normalized spacial score (nSPS) is 35.6. The van der Waals surface area contributed by atoms with Gasteiger partial charge in [-0.1, -0.05) is 12.2 Å². The lowest BCUT2D eigenvalue weighted by atomic mass is 9.63. The molecular formula is C20H19IN2O4. The molecule has 0 unspecified atom stereocenters. The first-order chi connectivity index (χ1) is 13.0. The first kappa shape index (κ1) is 17.2. The molecule has 4 aliphatic carbocycles. The fourth-order valence-electron chi connectivity index (χ4n) is 5.19. The van der Waals surface area contributed by atoms with E-state index in [1.165, 1.54) is 0 Å². The molecule has 0 N–H and O–H groups in total. The van der Waals surface area contributed by atoms with Gasteiger partial charge in [0.25, 0.3) is 11.8 Å². The van der Waals surface area contributed by atoms with Gasteiger partial charge in [-0.05, 0) is 70.4 Å². The summed E-state index contributed by atoms with van der Waals surface area (Å²) in [6.07, 6.45) is 7.03. The van der Waals surface area contributed by atoms with Crippen molar-refractivity contribution in [2.45, 2.75) is 6.42 Å². The predicted octanol–water partition coefficient (Wildman–Crippen LogP) is 2.70. The molecule has 0 spiro atoms. The summed E-state index contributed by atoms with van der Waals surface area (Å²) in [5.74, 6) is 2.09. The molecule has 7 heteroatoms. The van der Waals surface area contributed by atoms with E-state index in [1.54, 1.807) is 26.5 Å². The monoisotopic (exact) mass is 478 g/mol. The second kappa shape index (κ2) is 6.05. The van der Waals surface area contributed by atoms with Crippen molar-refractivity contribution in [2.75, 3.05) is 14.2 Å². The standard InChI is InChI=1S/C20H19IN2O4/c1-26-15-6-9(5-14(21)18(15)27-2)8-22-23-19(24)16-10-3-4-11(13-7-12(10)13)17(16)20(23)25/h3-6,8,10-13,16-17H,7H2,1-2H3/b22-8-/t10-,11+,12-,13-,16+,17+/m1/s1. The van der Waals surface area contributed by atoms with Gasteiger partial charge in [-0.15, -0.1) is 0 Å². The van der Waals surface area contributed by atoms with Crippen molar-refractivity contribution in [2.24, 2.45) is 40.6 Å². The van der Waals surface area contributed by atoms with Crippen molar-refractivity contribution in [3.8, 4) is 11.5 Å². The molecule has 27 heavy (non-hydrogen) atoms. The number of amides is 2. The van der Waals surface area contributed by atoms with Crippen molar-refractivity contribution in [3.63, 3.8) is 0 Å².